The van der Waals surface area contributed by atoms with Crippen LogP contribution in [-0.2, 0) is 52.2 Å². The highest BCUT2D eigenvalue weighted by Gasteiger charge is 2.49. The highest BCUT2D eigenvalue weighted by atomic mass is 16.7. The Hall–Kier alpha value is -1.51. The molecule has 3 fully saturated rings. The van der Waals surface area contributed by atoms with E-state index in [1.807, 2.05) is 6.92 Å². The summed E-state index contributed by atoms with van der Waals surface area (Å²) in [4.78, 5) is 15.6. The van der Waals surface area contributed by atoms with Gasteiger partial charge in [-0.3, -0.25) is 4.79 Å². The van der Waals surface area contributed by atoms with Crippen LogP contribution >= 0.6 is 0 Å². The fourth-order valence-electron chi connectivity index (χ4n) is 9.14. The average Bonchev–Trinajstić information content (AvgIpc) is 3.17. The standard InChI is InChI=1S/C41H73NO15/c1-13-28-26(19-52-41-39(51-12)38(50-11)34(46)24(6)54-41)36-20(2)14-15-29(56-36)21(3)16-25(17-31(48-9)49-10)37(22(4)27(43)18-30(44)55-28)57-40-35(47)32(42(7)8)33(45)23(5)53-40/h15,20-28,31-41,43,45-47H,13-14,16-19H2,1-12H3/t20?,21-,22+,23-,24-,25?,26-,27-,28?,32+,33-,34-,35-,36?,37-,38-,39-,40+,41-/m1/s1. The van der Waals surface area contributed by atoms with Gasteiger partial charge in [-0.2, -0.15) is 0 Å². The Balaban J connectivity index is 1.71. The Labute approximate surface area is 339 Å². The average molecular weight is 820 g/mol. The predicted octanol–water partition coefficient (Wildman–Crippen LogP) is 2.22. The molecule has 57 heavy (non-hydrogen) atoms. The number of ether oxygens (including phenoxy) is 10. The van der Waals surface area contributed by atoms with E-state index in [1.54, 1.807) is 54.0 Å². The summed E-state index contributed by atoms with van der Waals surface area (Å²) in [5.41, 5.74) is 0. The molecule has 4 aliphatic rings. The molecule has 0 aromatic carbocycles. The van der Waals surface area contributed by atoms with Crippen molar-refractivity contribution in [1.82, 2.24) is 4.90 Å². The van der Waals surface area contributed by atoms with E-state index in [1.165, 1.54) is 14.2 Å². The topological polar surface area (TPSA) is 194 Å². The Morgan fingerprint density at radius 2 is 1.47 bits per heavy atom. The molecule has 0 aromatic rings. The Kier molecular flexibility index (Phi) is 18.5. The molecule has 0 saturated carbocycles. The van der Waals surface area contributed by atoms with E-state index in [9.17, 15) is 25.2 Å². The lowest BCUT2D eigenvalue weighted by Crippen LogP contribution is -2.63. The number of carbonyl (C=O) groups excluding carboxylic acids is 1. The van der Waals surface area contributed by atoms with Crippen molar-refractivity contribution in [2.24, 2.45) is 29.6 Å². The SMILES string of the molecule is CCC1OC(=O)C[C@@H](O)[C@H](C)[C@@H](O[C@@H]2O[C@H](C)[C@@H](O)[C@H](N(C)C)[C@H]2O)C(CC(OC)OC)C[C@@H](C)C2=CCC(C)C(O2)[C@@H]1CO[C@@H]1O[C@H](C)[C@@H](O)[C@@H](OC)[C@H]1OC. The second-order valence-electron chi connectivity index (χ2n) is 16.8. The fraction of sp³-hybridized carbons (Fsp3) is 0.927. The Bertz CT molecular complexity index is 1250. The lowest BCUT2D eigenvalue weighted by atomic mass is 9.78. The Morgan fingerprint density at radius 3 is 2.07 bits per heavy atom. The second-order valence-corrected chi connectivity index (χ2v) is 16.8. The number of aliphatic hydroxyl groups is 4. The van der Waals surface area contributed by atoms with E-state index < -0.39 is 110 Å². The third-order valence-corrected chi connectivity index (χ3v) is 12.7. The predicted molar refractivity (Wildman–Crippen MR) is 206 cm³/mol. The second kappa shape index (κ2) is 21.8. The molecule has 0 spiro atoms. The summed E-state index contributed by atoms with van der Waals surface area (Å²) in [7, 11) is 9.66. The minimum absolute atomic E-state index is 0.0175. The van der Waals surface area contributed by atoms with Crippen LogP contribution in [0.3, 0.4) is 0 Å². The number of nitrogens with zero attached hydrogens (tertiary/aromatic N) is 1. The molecule has 0 aliphatic carbocycles. The van der Waals surface area contributed by atoms with Crippen LogP contribution in [0.1, 0.15) is 73.6 Å². The number of carbonyl (C=O) groups is 1. The van der Waals surface area contributed by atoms with Crippen LogP contribution in [0, 0.1) is 29.6 Å². The van der Waals surface area contributed by atoms with Crippen LogP contribution in [0.2, 0.25) is 0 Å². The zero-order chi connectivity index (χ0) is 42.3. The monoisotopic (exact) mass is 819 g/mol. The molecule has 332 valence electrons. The van der Waals surface area contributed by atoms with E-state index in [0.29, 0.717) is 25.7 Å². The van der Waals surface area contributed by atoms with Gasteiger partial charge in [0.2, 0.25) is 0 Å². The first kappa shape index (κ1) is 48.2. The van der Waals surface area contributed by atoms with E-state index >= 15 is 0 Å². The van der Waals surface area contributed by atoms with Crippen LogP contribution in [-0.4, -0.2) is 172 Å². The lowest BCUT2D eigenvalue weighted by molar-refractivity contribution is -0.307. The van der Waals surface area contributed by atoms with E-state index in [-0.39, 0.29) is 30.8 Å². The molecule has 16 heteroatoms. The number of fused-ring (bicyclic) bond motifs is 2. The van der Waals surface area contributed by atoms with Crippen molar-refractivity contribution in [2.75, 3.05) is 49.1 Å². The summed E-state index contributed by atoms with van der Waals surface area (Å²) >= 11 is 0. The fourth-order valence-corrected chi connectivity index (χ4v) is 9.14. The zero-order valence-corrected chi connectivity index (χ0v) is 36.1. The number of likely N-dealkylation sites (N-methyl/N-ethyl adjacent to an activating group) is 1. The Morgan fingerprint density at radius 1 is 0.842 bits per heavy atom. The molecular formula is C41H73NO15. The molecule has 4 heterocycles. The molecule has 2 bridgehead atoms. The summed E-state index contributed by atoms with van der Waals surface area (Å²) in [6.45, 7) is 11.5. The number of hydrogen-bond acceptors (Lipinski definition) is 16. The van der Waals surface area contributed by atoms with Gasteiger partial charge in [0.05, 0.1) is 61.3 Å². The van der Waals surface area contributed by atoms with Crippen molar-refractivity contribution in [3.8, 4) is 0 Å². The molecule has 3 saturated heterocycles. The summed E-state index contributed by atoms with van der Waals surface area (Å²) < 4.78 is 61.2. The highest BCUT2D eigenvalue weighted by Crippen LogP contribution is 2.41. The van der Waals surface area contributed by atoms with Gasteiger partial charge in [0, 0.05) is 46.7 Å². The van der Waals surface area contributed by atoms with Gasteiger partial charge < -0.3 is 72.7 Å². The van der Waals surface area contributed by atoms with Gasteiger partial charge in [-0.25, -0.2) is 0 Å². The molecule has 0 radical (unpaired) electrons. The molecule has 4 unspecified atom stereocenters. The van der Waals surface area contributed by atoms with Crippen LogP contribution < -0.4 is 0 Å². The van der Waals surface area contributed by atoms with Crippen LogP contribution in [0.5, 0.6) is 0 Å². The number of allylic oxidation sites excluding steroid dienone is 2. The van der Waals surface area contributed by atoms with Crippen molar-refractivity contribution in [3.05, 3.63) is 11.8 Å². The van der Waals surface area contributed by atoms with Crippen LogP contribution in [0.4, 0.5) is 0 Å². The van der Waals surface area contributed by atoms with Crippen molar-refractivity contribution in [1.29, 1.82) is 0 Å². The molecular weight excluding hydrogens is 746 g/mol. The molecule has 4 N–H and O–H groups in total. The molecule has 0 amide bonds. The largest absolute Gasteiger partial charge is 0.494 e. The first-order valence-corrected chi connectivity index (χ1v) is 20.6. The third kappa shape index (κ3) is 11.5. The van der Waals surface area contributed by atoms with Gasteiger partial charge in [-0.1, -0.05) is 27.7 Å². The maximum atomic E-state index is 13.9. The maximum absolute atomic E-state index is 13.9. The lowest BCUT2D eigenvalue weighted by Gasteiger charge is -2.47. The molecule has 16 nitrogen and oxygen atoms in total. The maximum Gasteiger partial charge on any atom is 0.308 e. The minimum atomic E-state index is -1.23. The third-order valence-electron chi connectivity index (χ3n) is 12.7. The van der Waals surface area contributed by atoms with Gasteiger partial charge in [0.1, 0.15) is 36.6 Å². The molecule has 0 aromatic heterocycles. The van der Waals surface area contributed by atoms with Crippen molar-refractivity contribution >= 4 is 5.97 Å². The van der Waals surface area contributed by atoms with Crippen LogP contribution in [0.15, 0.2) is 11.8 Å². The first-order chi connectivity index (χ1) is 27.0. The van der Waals surface area contributed by atoms with E-state index in [4.69, 9.17) is 47.4 Å². The minimum Gasteiger partial charge on any atom is -0.494 e. The first-order valence-electron chi connectivity index (χ1n) is 20.6. The molecule has 4 rings (SSSR count). The smallest absolute Gasteiger partial charge is 0.308 e. The summed E-state index contributed by atoms with van der Waals surface area (Å²) in [6, 6.07) is -0.681. The van der Waals surface area contributed by atoms with Crippen molar-refractivity contribution in [3.63, 3.8) is 0 Å². The highest BCUT2D eigenvalue weighted by molar-refractivity contribution is 5.70. The molecule has 19 atom stereocenters. The van der Waals surface area contributed by atoms with Crippen molar-refractivity contribution < 1.29 is 72.6 Å². The number of hydrogen-bond donors (Lipinski definition) is 4. The number of aliphatic hydroxyl groups excluding tert-OH is 4. The van der Waals surface area contributed by atoms with Gasteiger partial charge >= 0.3 is 5.97 Å². The summed E-state index contributed by atoms with van der Waals surface area (Å²) in [6.07, 6.45) is -7.75. The van der Waals surface area contributed by atoms with Gasteiger partial charge in [-0.05, 0) is 65.1 Å². The normalized spacial score (nSPS) is 43.9. The number of methoxy groups -OCH3 is 4. The zero-order valence-electron chi connectivity index (χ0n) is 36.1. The van der Waals surface area contributed by atoms with E-state index in [2.05, 4.69) is 19.9 Å². The van der Waals surface area contributed by atoms with Crippen molar-refractivity contribution in [2.45, 2.75) is 166 Å². The van der Waals surface area contributed by atoms with Gasteiger partial charge in [0.15, 0.2) is 18.9 Å². The number of rotatable bonds is 13. The summed E-state index contributed by atoms with van der Waals surface area (Å²) in [5, 5.41) is 45.0. The van der Waals surface area contributed by atoms with Gasteiger partial charge in [0.25, 0.3) is 0 Å². The summed E-state index contributed by atoms with van der Waals surface area (Å²) in [5.74, 6) is -1.45. The molecule has 4 aliphatic heterocycles. The van der Waals surface area contributed by atoms with Gasteiger partial charge in [-0.15, -0.1) is 0 Å². The quantitative estimate of drug-likeness (QED) is 0.156. The number of cyclic esters (lactones) is 1. The van der Waals surface area contributed by atoms with Crippen LogP contribution in [0.25, 0.3) is 0 Å². The van der Waals surface area contributed by atoms with E-state index in [0.717, 1.165) is 5.76 Å². The number of esters is 1.